The number of aromatic carboxylic acids is 1. The first-order valence-electron chi connectivity index (χ1n) is 24.4. The average Bonchev–Trinajstić information content (AvgIpc) is 4.22. The third-order valence-electron chi connectivity index (χ3n) is 11.8. The number of methoxy groups -OCH3 is 4. The van der Waals surface area contributed by atoms with E-state index in [4.69, 9.17) is 28.4 Å². The Balaban J connectivity index is 0.000000363. The number of rotatable bonds is 15. The van der Waals surface area contributed by atoms with Gasteiger partial charge in [0.15, 0.2) is 23.0 Å². The lowest BCUT2D eigenvalue weighted by Crippen LogP contribution is -2.25. The van der Waals surface area contributed by atoms with Crippen LogP contribution in [0.4, 0.5) is 0 Å². The Kier molecular flexibility index (Phi) is 24.4. The third kappa shape index (κ3) is 16.3. The fourth-order valence-corrected chi connectivity index (χ4v) is 8.21. The molecule has 17 heteroatoms. The molecular weight excluding hydrogens is 997 g/mol. The molecule has 2 N–H and O–H groups in total. The van der Waals surface area contributed by atoms with Crippen molar-refractivity contribution in [3.63, 3.8) is 0 Å². The van der Waals surface area contributed by atoms with Gasteiger partial charge in [-0.1, -0.05) is 58.7 Å². The van der Waals surface area contributed by atoms with E-state index in [2.05, 4.69) is 15.3 Å². The summed E-state index contributed by atoms with van der Waals surface area (Å²) in [5.41, 5.74) is 1.83. The largest absolute Gasteiger partial charge is 0.493 e. The number of hydrogen-bond donors (Lipinski definition) is 2. The number of amides is 1. The lowest BCUT2D eigenvalue weighted by Gasteiger charge is -2.17. The number of aromatic nitrogens is 2. The van der Waals surface area contributed by atoms with Gasteiger partial charge in [0.2, 0.25) is 17.5 Å². The van der Waals surface area contributed by atoms with Crippen molar-refractivity contribution < 1.29 is 62.3 Å². The zero-order chi connectivity index (χ0) is 54.2. The highest BCUT2D eigenvalue weighted by atomic mass is 16.6. The van der Waals surface area contributed by atoms with Crippen LogP contribution < -0.4 is 24.3 Å². The number of pyridine rings is 2. The van der Waals surface area contributed by atoms with Crippen molar-refractivity contribution in [2.24, 2.45) is 0 Å². The number of carbonyl (C=O) groups excluding carboxylic acids is 5. The molecule has 0 unspecified atom stereocenters. The molecule has 2 aliphatic rings. The van der Waals surface area contributed by atoms with Crippen LogP contribution in [0.2, 0.25) is 0 Å². The maximum Gasteiger partial charge on any atom is 0.340 e. The van der Waals surface area contributed by atoms with E-state index >= 15 is 0 Å². The number of nitrogens with zero attached hydrogens (tertiary/aromatic N) is 3. The van der Waals surface area contributed by atoms with Gasteiger partial charge in [0, 0.05) is 70.3 Å². The molecule has 0 spiro atoms. The number of fused-ring (bicyclic) bond motifs is 2. The number of carbonyl (C=O) groups is 6. The predicted molar refractivity (Wildman–Crippen MR) is 304 cm³/mol. The van der Waals surface area contributed by atoms with E-state index in [9.17, 15) is 33.9 Å². The number of esters is 2. The second-order valence-electron chi connectivity index (χ2n) is 18.2. The molecule has 2 saturated heterocycles. The van der Waals surface area contributed by atoms with Crippen molar-refractivity contribution in [3.05, 3.63) is 142 Å². The van der Waals surface area contributed by atoms with Gasteiger partial charge in [-0.05, 0) is 126 Å². The Hall–Kier alpha value is -8.44. The number of nitrogens with one attached hydrogen (secondary N) is 1. The van der Waals surface area contributed by atoms with Gasteiger partial charge in [0.05, 0.1) is 46.2 Å². The molecule has 8 rings (SSSR count). The lowest BCUT2D eigenvalue weighted by molar-refractivity contribution is -0.148. The molecule has 0 radical (unpaired) electrons. The molecule has 4 heterocycles. The summed E-state index contributed by atoms with van der Waals surface area (Å²) < 4.78 is 31.9. The van der Waals surface area contributed by atoms with E-state index in [-0.39, 0.29) is 68.9 Å². The van der Waals surface area contributed by atoms with E-state index in [1.165, 1.54) is 85.0 Å². The van der Waals surface area contributed by atoms with E-state index in [0.29, 0.717) is 66.8 Å². The monoisotopic (exact) mass is 1070 g/mol. The van der Waals surface area contributed by atoms with Crippen LogP contribution in [-0.4, -0.2) is 122 Å². The second-order valence-corrected chi connectivity index (χ2v) is 18.2. The molecule has 6 aromatic rings. The van der Waals surface area contributed by atoms with Crippen molar-refractivity contribution in [1.29, 1.82) is 0 Å². The first-order chi connectivity index (χ1) is 36.0. The van der Waals surface area contributed by atoms with E-state index in [0.717, 1.165) is 25.9 Å². The van der Waals surface area contributed by atoms with E-state index in [1.807, 2.05) is 0 Å². The number of carboxylic acids is 1. The SMILES string of the molecule is C.C.C.C1CCNC1.CCOC(=O)c1cnc(C(=O)c2cccc(/C=C/C(=O)OC(C)(C)C)c2)c2cc(OC)c(OC)cc12.COc1cc2c(C(=O)O)cnc(C(=O)c3cccc(/C=C/C(=O)N4CCCC4)c3)c2cc1OC. The maximum absolute atomic E-state index is 13.5. The summed E-state index contributed by atoms with van der Waals surface area (Å²) in [5, 5.41) is 14.3. The lowest BCUT2D eigenvalue weighted by atomic mass is 9.98. The average molecular weight is 1070 g/mol. The third-order valence-corrected chi connectivity index (χ3v) is 11.8. The molecular formula is C61H74N4O13. The summed E-state index contributed by atoms with van der Waals surface area (Å²) in [5.74, 6) is -1.53. The number of ether oxygens (including phenoxy) is 6. The number of ketones is 2. The van der Waals surface area contributed by atoms with Crippen molar-refractivity contribution in [2.45, 2.75) is 81.3 Å². The number of benzene rings is 4. The Morgan fingerprint density at radius 3 is 1.46 bits per heavy atom. The summed E-state index contributed by atoms with van der Waals surface area (Å²) >= 11 is 0. The molecule has 1 amide bonds. The van der Waals surface area contributed by atoms with Gasteiger partial charge in [0.25, 0.3) is 0 Å². The van der Waals surface area contributed by atoms with Crippen LogP contribution in [0.3, 0.4) is 0 Å². The molecule has 17 nitrogen and oxygen atoms in total. The Bertz CT molecular complexity index is 3140. The normalized spacial score (nSPS) is 12.6. The highest BCUT2D eigenvalue weighted by Gasteiger charge is 2.24. The zero-order valence-corrected chi connectivity index (χ0v) is 43.4. The van der Waals surface area contributed by atoms with Gasteiger partial charge in [-0.2, -0.15) is 0 Å². The Labute approximate surface area is 457 Å². The molecule has 0 atom stereocenters. The fraction of sp³-hybridized carbons (Fsp3) is 0.344. The second kappa shape index (κ2) is 29.8. The first-order valence-corrected chi connectivity index (χ1v) is 24.4. The minimum atomic E-state index is -1.17. The summed E-state index contributed by atoms with van der Waals surface area (Å²) in [6, 6.07) is 20.0. The van der Waals surface area contributed by atoms with Gasteiger partial charge in [-0.15, -0.1) is 0 Å². The van der Waals surface area contributed by atoms with Crippen LogP contribution in [0.15, 0.2) is 97.3 Å². The molecule has 78 heavy (non-hydrogen) atoms. The summed E-state index contributed by atoms with van der Waals surface area (Å²) in [6.07, 6.45) is 13.4. The topological polar surface area (TPSA) is 219 Å². The van der Waals surface area contributed by atoms with Crippen LogP contribution in [-0.2, 0) is 19.1 Å². The molecule has 416 valence electrons. The van der Waals surface area contributed by atoms with Gasteiger partial charge in [-0.3, -0.25) is 24.4 Å². The van der Waals surface area contributed by atoms with Crippen LogP contribution >= 0.6 is 0 Å². The Morgan fingerprint density at radius 1 is 0.615 bits per heavy atom. The van der Waals surface area contributed by atoms with Gasteiger partial charge in [0.1, 0.15) is 17.0 Å². The van der Waals surface area contributed by atoms with E-state index in [1.54, 1.807) is 111 Å². The van der Waals surface area contributed by atoms with Crippen LogP contribution in [0.1, 0.15) is 140 Å². The van der Waals surface area contributed by atoms with Crippen molar-refractivity contribution in [3.8, 4) is 23.0 Å². The quantitative estimate of drug-likeness (QED) is 0.0555. The number of hydrogen-bond acceptors (Lipinski definition) is 15. The van der Waals surface area contributed by atoms with Gasteiger partial charge in [-0.25, -0.2) is 14.4 Å². The minimum absolute atomic E-state index is 0. The number of carboxylic acid groups (broad SMARTS) is 1. The highest BCUT2D eigenvalue weighted by Crippen LogP contribution is 2.37. The molecule has 2 aromatic heterocycles. The molecule has 0 bridgehead atoms. The smallest absolute Gasteiger partial charge is 0.340 e. The fourth-order valence-electron chi connectivity index (χ4n) is 8.21. The molecule has 2 fully saturated rings. The molecule has 0 saturated carbocycles. The maximum atomic E-state index is 13.5. The molecule has 2 aliphatic heterocycles. The van der Waals surface area contributed by atoms with E-state index < -0.39 is 23.5 Å². The standard InChI is InChI=1S/C28H29NO7.C26H24N2O6.C4H9N.3CH4/c1-7-35-27(32)21-16-29-25(20-15-23(34-6)22(33-5)14-19(20)21)26(31)18-10-8-9-17(13-18)11-12-24(30)36-28(2,3)4;1-33-21-13-18-19(14-22(21)34-2)24(27-15-20(18)26(31)32)25(30)17-7-5-6-16(12-17)8-9-23(29)28-10-3-4-11-28;1-2-4-5-3-1;;;/h8-16H,7H2,1-6H3;5-9,12-15H,3-4,10-11H2,1-2H3,(H,31,32);5H,1-4H2;3*1H4/b12-11+;9-8+;;;;. The van der Waals surface area contributed by atoms with Crippen molar-refractivity contribution in [2.75, 3.05) is 61.2 Å². The zero-order valence-electron chi connectivity index (χ0n) is 43.4. The summed E-state index contributed by atoms with van der Waals surface area (Å²) in [6.45, 7) is 11.3. The van der Waals surface area contributed by atoms with Crippen LogP contribution in [0, 0.1) is 0 Å². The van der Waals surface area contributed by atoms with Crippen molar-refractivity contribution >= 4 is 69.1 Å². The molecule has 0 aliphatic carbocycles. The van der Waals surface area contributed by atoms with Crippen LogP contribution in [0.25, 0.3) is 33.7 Å². The summed E-state index contributed by atoms with van der Waals surface area (Å²) in [7, 11) is 5.87. The van der Waals surface area contributed by atoms with Gasteiger partial charge < -0.3 is 43.7 Å². The number of likely N-dealkylation sites (tertiary alicyclic amines) is 1. The first kappa shape index (κ1) is 63.8. The molecule has 4 aromatic carbocycles. The highest BCUT2D eigenvalue weighted by molar-refractivity contribution is 6.19. The Morgan fingerprint density at radius 2 is 1.05 bits per heavy atom. The predicted octanol–water partition coefficient (Wildman–Crippen LogP) is 11.1. The van der Waals surface area contributed by atoms with Crippen LogP contribution in [0.5, 0.6) is 23.0 Å². The minimum Gasteiger partial charge on any atom is -0.493 e. The van der Waals surface area contributed by atoms with Gasteiger partial charge >= 0.3 is 17.9 Å². The summed E-state index contributed by atoms with van der Waals surface area (Å²) in [4.78, 5) is 85.9. The van der Waals surface area contributed by atoms with Crippen molar-refractivity contribution in [1.82, 2.24) is 20.2 Å².